The molecule has 0 heterocycles. The van der Waals surface area contributed by atoms with Gasteiger partial charge in [0.1, 0.15) is 0 Å². The average molecular weight is 298 g/mol. The maximum absolute atomic E-state index is 12.2. The van der Waals surface area contributed by atoms with Gasteiger partial charge in [-0.3, -0.25) is 4.79 Å². The highest BCUT2D eigenvalue weighted by Crippen LogP contribution is 2.15. The Bertz CT molecular complexity index is 704. The quantitative estimate of drug-likeness (QED) is 0.715. The number of carboxylic acid groups (broad SMARTS) is 2. The van der Waals surface area contributed by atoms with Gasteiger partial charge in [-0.1, -0.05) is 25.4 Å². The molecule has 0 radical (unpaired) electrons. The second kappa shape index (κ2) is 8.04. The lowest BCUT2D eigenvalue weighted by Gasteiger charge is -2.14. The number of carbonyl (C=O) groups excluding carboxylic acids is 1. The van der Waals surface area contributed by atoms with Crippen molar-refractivity contribution >= 4 is 17.9 Å². The monoisotopic (exact) mass is 298 g/mol. The predicted octanol–water partition coefficient (Wildman–Crippen LogP) is 2.43. The number of hydrogen-bond donors (Lipinski definition) is 2. The predicted molar refractivity (Wildman–Crippen MR) is 74.3 cm³/mol. The van der Waals surface area contributed by atoms with E-state index in [1.807, 2.05) is 0 Å². The van der Waals surface area contributed by atoms with Gasteiger partial charge in [-0.25, -0.2) is 9.59 Å². The molecule has 21 heavy (non-hydrogen) atoms. The Morgan fingerprint density at radius 1 is 1.24 bits per heavy atom. The van der Waals surface area contributed by atoms with Gasteiger partial charge in [0.25, 0.3) is 0 Å². The van der Waals surface area contributed by atoms with Gasteiger partial charge in [0.2, 0.25) is 0 Å². The summed E-state index contributed by atoms with van der Waals surface area (Å²) in [6.07, 6.45) is 0.679. The van der Waals surface area contributed by atoms with Crippen molar-refractivity contribution < 1.29 is 34.8 Å². The van der Waals surface area contributed by atoms with Crippen LogP contribution in [0.4, 0.5) is 0 Å². The topological polar surface area (TPSA) is 101 Å². The molecular formula is C15H18O6. The average Bonchev–Trinajstić information content (AvgIpc) is 2.55. The van der Waals surface area contributed by atoms with Crippen LogP contribution in [-0.4, -0.2) is 34.7 Å². The third kappa shape index (κ3) is 5.25. The van der Waals surface area contributed by atoms with Crippen molar-refractivity contribution in [2.45, 2.75) is 26.2 Å². The van der Waals surface area contributed by atoms with E-state index in [0.717, 1.165) is 0 Å². The molecule has 0 aliphatic heterocycles. The molecule has 0 spiro atoms. The van der Waals surface area contributed by atoms with E-state index < -0.39 is 53.2 Å². The Labute approximate surface area is 128 Å². The number of carboxylic acids is 2. The van der Waals surface area contributed by atoms with Crippen LogP contribution in [0.2, 0.25) is 0 Å². The lowest BCUT2D eigenvalue weighted by atomic mass is 10.0. The summed E-state index contributed by atoms with van der Waals surface area (Å²) in [5, 5.41) is 17.9. The van der Waals surface area contributed by atoms with E-state index in [2.05, 4.69) is 0 Å². The maximum Gasteiger partial charge on any atom is 0.339 e. The van der Waals surface area contributed by atoms with Crippen LogP contribution in [0.3, 0.4) is 0 Å². The molecule has 1 rings (SSSR count). The first-order valence-corrected chi connectivity index (χ1v) is 6.34. The number of rotatable bonds is 8. The van der Waals surface area contributed by atoms with Gasteiger partial charge in [-0.2, -0.15) is 0 Å². The van der Waals surface area contributed by atoms with Gasteiger partial charge >= 0.3 is 17.9 Å². The van der Waals surface area contributed by atoms with Crippen LogP contribution in [0, 0.1) is 5.92 Å². The lowest BCUT2D eigenvalue weighted by Crippen LogP contribution is -2.17. The summed E-state index contributed by atoms with van der Waals surface area (Å²) in [5.74, 6) is -4.10. The molecule has 2 N–H and O–H groups in total. The van der Waals surface area contributed by atoms with E-state index in [4.69, 9.17) is 15.3 Å². The molecule has 0 saturated carbocycles. The number of esters is 1. The molecule has 0 aliphatic carbocycles. The van der Waals surface area contributed by atoms with Gasteiger partial charge in [0, 0.05) is 6.42 Å². The number of ether oxygens (including phenoxy) is 1. The van der Waals surface area contributed by atoms with Gasteiger partial charge in [0.05, 0.1) is 23.2 Å². The van der Waals surface area contributed by atoms with Gasteiger partial charge < -0.3 is 14.9 Å². The number of carbonyl (C=O) groups is 3. The minimum atomic E-state index is -1.67. The minimum absolute atomic E-state index is 0.110. The van der Waals surface area contributed by atoms with Crippen molar-refractivity contribution in [2.75, 3.05) is 6.61 Å². The fraction of sp³-hybridized carbons (Fsp3) is 0.400. The standard InChI is InChI=1S/C15H18O6/c1-2-10(7-8-13(16)17)9-21-15(20)12-6-4-3-5-11(12)14(18)19/h3-6,10H,2,7-9H2,1H3,(H,16,17)(H,18,19)/i3D,4D,5D,6D. The molecule has 6 heteroatoms. The number of hydrogen-bond acceptors (Lipinski definition) is 4. The van der Waals surface area contributed by atoms with Crippen LogP contribution in [0.25, 0.3) is 0 Å². The second-order valence-corrected chi connectivity index (χ2v) is 4.36. The Morgan fingerprint density at radius 2 is 1.86 bits per heavy atom. The number of benzene rings is 1. The zero-order chi connectivity index (χ0) is 19.3. The normalized spacial score (nSPS) is 14.3. The minimum Gasteiger partial charge on any atom is -0.481 e. The third-order valence-electron chi connectivity index (χ3n) is 2.90. The first-order chi connectivity index (χ1) is 11.6. The molecule has 6 nitrogen and oxygen atoms in total. The van der Waals surface area contributed by atoms with Crippen LogP contribution in [0.15, 0.2) is 24.2 Å². The van der Waals surface area contributed by atoms with Crippen LogP contribution < -0.4 is 0 Å². The SMILES string of the molecule is [2H]c1c([2H])c([2H])c(C(=O)OCC(CC)CCC(=O)O)c(C(=O)O)c1[2H]. The van der Waals surface area contributed by atoms with Crippen molar-refractivity contribution in [3.05, 3.63) is 35.3 Å². The van der Waals surface area contributed by atoms with E-state index in [1.165, 1.54) is 0 Å². The summed E-state index contributed by atoms with van der Waals surface area (Å²) >= 11 is 0. The molecule has 0 amide bonds. The molecule has 1 aromatic carbocycles. The maximum atomic E-state index is 12.2. The summed E-state index contributed by atoms with van der Waals surface area (Å²) in [6.45, 7) is 1.60. The molecule has 0 fully saturated rings. The van der Waals surface area contributed by atoms with Crippen molar-refractivity contribution in [2.24, 2.45) is 5.92 Å². The molecule has 114 valence electrons. The van der Waals surface area contributed by atoms with Crippen LogP contribution in [0.5, 0.6) is 0 Å². The van der Waals surface area contributed by atoms with E-state index in [0.29, 0.717) is 6.42 Å². The van der Waals surface area contributed by atoms with Crippen molar-refractivity contribution in [1.29, 1.82) is 0 Å². The first-order valence-electron chi connectivity index (χ1n) is 8.34. The molecule has 0 aliphatic rings. The zero-order valence-corrected chi connectivity index (χ0v) is 11.4. The third-order valence-corrected chi connectivity index (χ3v) is 2.90. The highest BCUT2D eigenvalue weighted by atomic mass is 16.5. The zero-order valence-electron chi connectivity index (χ0n) is 15.4. The number of aliphatic carboxylic acids is 1. The van der Waals surface area contributed by atoms with E-state index in [9.17, 15) is 19.5 Å². The summed E-state index contributed by atoms with van der Waals surface area (Å²) in [7, 11) is 0. The lowest BCUT2D eigenvalue weighted by molar-refractivity contribution is -0.137. The fourth-order valence-corrected chi connectivity index (χ4v) is 1.62. The summed E-state index contributed by atoms with van der Waals surface area (Å²) in [5.41, 5.74) is -1.60. The Morgan fingerprint density at radius 3 is 2.38 bits per heavy atom. The molecule has 1 unspecified atom stereocenters. The van der Waals surface area contributed by atoms with Crippen molar-refractivity contribution in [3.63, 3.8) is 0 Å². The van der Waals surface area contributed by atoms with Crippen molar-refractivity contribution in [1.82, 2.24) is 0 Å². The summed E-state index contributed by atoms with van der Waals surface area (Å²) in [6, 6.07) is -3.12. The molecule has 0 bridgehead atoms. The molecular weight excluding hydrogens is 276 g/mol. The Kier molecular flexibility index (Phi) is 4.33. The summed E-state index contributed by atoms with van der Waals surface area (Å²) < 4.78 is 35.4. The van der Waals surface area contributed by atoms with E-state index in [1.54, 1.807) is 6.92 Å². The van der Waals surface area contributed by atoms with Gasteiger partial charge in [-0.15, -0.1) is 0 Å². The Hall–Kier alpha value is -2.37. The second-order valence-electron chi connectivity index (χ2n) is 4.36. The molecule has 1 atom stereocenters. The Balaban J connectivity index is 3.09. The fourth-order valence-electron chi connectivity index (χ4n) is 1.62. The van der Waals surface area contributed by atoms with Crippen LogP contribution in [0.1, 0.15) is 52.4 Å². The molecule has 0 saturated heterocycles. The van der Waals surface area contributed by atoms with E-state index >= 15 is 0 Å². The summed E-state index contributed by atoms with van der Waals surface area (Å²) in [4.78, 5) is 34.1. The highest BCUT2D eigenvalue weighted by Gasteiger charge is 2.18. The van der Waals surface area contributed by atoms with Crippen LogP contribution >= 0.6 is 0 Å². The first kappa shape index (κ1) is 11.3. The number of aromatic carboxylic acids is 1. The molecule has 1 aromatic rings. The smallest absolute Gasteiger partial charge is 0.339 e. The van der Waals surface area contributed by atoms with Gasteiger partial charge in [0.15, 0.2) is 0 Å². The highest BCUT2D eigenvalue weighted by molar-refractivity contribution is 6.02. The van der Waals surface area contributed by atoms with Gasteiger partial charge in [-0.05, 0) is 24.4 Å². The largest absolute Gasteiger partial charge is 0.481 e. The van der Waals surface area contributed by atoms with Crippen molar-refractivity contribution in [3.8, 4) is 0 Å². The van der Waals surface area contributed by atoms with E-state index in [-0.39, 0.29) is 25.4 Å². The molecule has 0 aromatic heterocycles. The van der Waals surface area contributed by atoms with Crippen LogP contribution in [-0.2, 0) is 9.53 Å².